The Kier molecular flexibility index (Phi) is 5.24. The van der Waals surface area contributed by atoms with Crippen molar-refractivity contribution >= 4 is 17.0 Å². The Bertz CT molecular complexity index is 1590. The number of aryl methyl sites for hydroxylation is 1. The van der Waals surface area contributed by atoms with Crippen LogP contribution < -0.4 is 0 Å². The number of aliphatic imine (C=N–C) groups is 1. The van der Waals surface area contributed by atoms with Crippen molar-refractivity contribution < 1.29 is 0 Å². The molecule has 0 atom stereocenters. The van der Waals surface area contributed by atoms with Gasteiger partial charge in [-0.1, -0.05) is 110 Å². The van der Waals surface area contributed by atoms with Crippen molar-refractivity contribution in [3.63, 3.8) is 0 Å². The van der Waals surface area contributed by atoms with Crippen molar-refractivity contribution in [3.05, 3.63) is 145 Å². The van der Waals surface area contributed by atoms with Crippen molar-refractivity contribution in [1.29, 1.82) is 0 Å². The lowest BCUT2D eigenvalue weighted by Crippen LogP contribution is -2.12. The Morgan fingerprint density at radius 3 is 1.60 bits per heavy atom. The van der Waals surface area contributed by atoms with E-state index in [-0.39, 0.29) is 0 Å². The topological polar surface area (TPSA) is 12.4 Å². The molecule has 1 heteroatoms. The Labute approximate surface area is 206 Å². The summed E-state index contributed by atoms with van der Waals surface area (Å²) in [6.07, 6.45) is 0. The summed E-state index contributed by atoms with van der Waals surface area (Å²) in [4.78, 5) is 5.19. The molecule has 0 saturated heterocycles. The van der Waals surface area contributed by atoms with E-state index in [1.54, 1.807) is 0 Å². The first-order chi connectivity index (χ1) is 17.2. The molecule has 35 heavy (non-hydrogen) atoms. The van der Waals surface area contributed by atoms with Crippen LogP contribution in [0.5, 0.6) is 0 Å². The van der Waals surface area contributed by atoms with Crippen LogP contribution in [0, 0.1) is 6.92 Å². The number of hydrogen-bond donors (Lipinski definition) is 0. The van der Waals surface area contributed by atoms with Gasteiger partial charge in [0, 0.05) is 11.1 Å². The predicted molar refractivity (Wildman–Crippen MR) is 149 cm³/mol. The predicted octanol–water partition coefficient (Wildman–Crippen LogP) is 9.14. The van der Waals surface area contributed by atoms with Crippen LogP contribution >= 0.6 is 0 Å². The molecule has 0 amide bonds. The summed E-state index contributed by atoms with van der Waals surface area (Å²) >= 11 is 0. The Morgan fingerprint density at radius 2 is 1.00 bits per heavy atom. The van der Waals surface area contributed by atoms with E-state index >= 15 is 0 Å². The third-order valence-corrected chi connectivity index (χ3v) is 6.76. The van der Waals surface area contributed by atoms with E-state index < -0.39 is 0 Å². The molecule has 0 N–H and O–H groups in total. The van der Waals surface area contributed by atoms with Crippen LogP contribution in [0.2, 0.25) is 0 Å². The third-order valence-electron chi connectivity index (χ3n) is 6.76. The lowest BCUT2D eigenvalue weighted by Gasteiger charge is -2.25. The fourth-order valence-corrected chi connectivity index (χ4v) is 4.85. The molecule has 1 nitrogen and oxygen atoms in total. The van der Waals surface area contributed by atoms with E-state index in [0.29, 0.717) is 0 Å². The quantitative estimate of drug-likeness (QED) is 0.261. The minimum absolute atomic E-state index is 0.935. The van der Waals surface area contributed by atoms with E-state index in [9.17, 15) is 0 Å². The second-order valence-corrected chi connectivity index (χ2v) is 8.98. The Hall–Kier alpha value is -4.49. The van der Waals surface area contributed by atoms with Crippen LogP contribution in [0.4, 0.5) is 5.69 Å². The molecule has 5 aromatic carbocycles. The fourth-order valence-electron chi connectivity index (χ4n) is 4.85. The molecule has 166 valence electrons. The summed E-state index contributed by atoms with van der Waals surface area (Å²) in [6, 6.07) is 42.7. The van der Waals surface area contributed by atoms with E-state index in [0.717, 1.165) is 33.7 Å². The molecule has 0 saturated carbocycles. The molecule has 0 aliphatic heterocycles. The Balaban J connectivity index is 1.59. The van der Waals surface area contributed by atoms with Gasteiger partial charge in [0.05, 0.1) is 11.4 Å². The summed E-state index contributed by atoms with van der Waals surface area (Å²) in [6.45, 7) is 6.67. The summed E-state index contributed by atoms with van der Waals surface area (Å²) < 4.78 is 0. The molecule has 0 spiro atoms. The number of para-hydroxylation sites is 1. The van der Waals surface area contributed by atoms with Gasteiger partial charge in [-0.2, -0.15) is 0 Å². The molecule has 0 radical (unpaired) electrons. The fraction of sp³-hybridized carbons (Fsp3) is 0.0294. The summed E-state index contributed by atoms with van der Waals surface area (Å²) in [5.41, 5.74) is 13.4. The van der Waals surface area contributed by atoms with Crippen molar-refractivity contribution in [2.45, 2.75) is 6.92 Å². The van der Waals surface area contributed by atoms with Crippen molar-refractivity contribution in [2.24, 2.45) is 4.99 Å². The minimum Gasteiger partial charge on any atom is -0.247 e. The van der Waals surface area contributed by atoms with E-state index in [2.05, 4.69) is 123 Å². The van der Waals surface area contributed by atoms with Gasteiger partial charge in [-0.3, -0.25) is 0 Å². The number of rotatable bonds is 3. The van der Waals surface area contributed by atoms with Gasteiger partial charge in [0.1, 0.15) is 0 Å². The maximum Gasteiger partial charge on any atom is 0.0788 e. The number of allylic oxidation sites excluding steroid dienone is 1. The highest BCUT2D eigenvalue weighted by Crippen LogP contribution is 2.43. The van der Waals surface area contributed by atoms with Crippen molar-refractivity contribution in [1.82, 2.24) is 0 Å². The molecule has 1 aliphatic rings. The average molecular weight is 448 g/mol. The molecular weight excluding hydrogens is 422 g/mol. The first-order valence-electron chi connectivity index (χ1n) is 11.9. The van der Waals surface area contributed by atoms with E-state index in [4.69, 9.17) is 4.99 Å². The van der Waals surface area contributed by atoms with E-state index in [1.807, 2.05) is 12.1 Å². The zero-order valence-corrected chi connectivity index (χ0v) is 19.7. The van der Waals surface area contributed by atoms with Crippen LogP contribution in [0.3, 0.4) is 0 Å². The highest BCUT2D eigenvalue weighted by atomic mass is 14.8. The van der Waals surface area contributed by atoms with Gasteiger partial charge in [-0.15, -0.1) is 0 Å². The van der Waals surface area contributed by atoms with Crippen LogP contribution in [0.1, 0.15) is 16.7 Å². The maximum atomic E-state index is 5.19. The van der Waals surface area contributed by atoms with Crippen LogP contribution in [0.25, 0.3) is 39.0 Å². The zero-order valence-electron chi connectivity index (χ0n) is 19.7. The molecule has 0 aromatic heterocycles. The lowest BCUT2D eigenvalue weighted by atomic mass is 9.79. The normalized spacial score (nSPS) is 13.4. The van der Waals surface area contributed by atoms with Gasteiger partial charge in [0.15, 0.2) is 0 Å². The van der Waals surface area contributed by atoms with Crippen LogP contribution in [-0.2, 0) is 0 Å². The summed E-state index contributed by atoms with van der Waals surface area (Å²) in [5, 5.41) is 0. The molecule has 5 aromatic rings. The van der Waals surface area contributed by atoms with Gasteiger partial charge in [-0.25, -0.2) is 4.99 Å². The third kappa shape index (κ3) is 3.82. The standard InChI is InChI=1S/C34H25N/c1-23-11-9-10-16-33(23)35-34-24(2)31-21-27(25-12-5-3-6-13-25)17-19-29(31)30-20-18-28(22-32(30)34)26-14-7-4-8-15-26/h3-22H,2H2,1H3. The van der Waals surface area contributed by atoms with Crippen LogP contribution in [0.15, 0.2) is 133 Å². The monoisotopic (exact) mass is 447 g/mol. The first kappa shape index (κ1) is 21.1. The maximum absolute atomic E-state index is 5.19. The molecule has 1 aliphatic carbocycles. The Morgan fingerprint density at radius 1 is 0.486 bits per heavy atom. The highest BCUT2D eigenvalue weighted by Gasteiger charge is 2.26. The molecule has 0 heterocycles. The van der Waals surface area contributed by atoms with Gasteiger partial charge in [0.25, 0.3) is 0 Å². The first-order valence-corrected chi connectivity index (χ1v) is 11.9. The van der Waals surface area contributed by atoms with Crippen molar-refractivity contribution in [2.75, 3.05) is 0 Å². The van der Waals surface area contributed by atoms with Gasteiger partial charge < -0.3 is 0 Å². The molecule has 0 unspecified atom stereocenters. The molecule has 6 rings (SSSR count). The second-order valence-electron chi connectivity index (χ2n) is 8.98. The van der Waals surface area contributed by atoms with Crippen molar-refractivity contribution in [3.8, 4) is 33.4 Å². The zero-order chi connectivity index (χ0) is 23.8. The van der Waals surface area contributed by atoms with E-state index in [1.165, 1.54) is 33.4 Å². The smallest absolute Gasteiger partial charge is 0.0788 e. The average Bonchev–Trinajstić information content (AvgIpc) is 2.92. The minimum atomic E-state index is 0.935. The van der Waals surface area contributed by atoms with Gasteiger partial charge in [0.2, 0.25) is 0 Å². The van der Waals surface area contributed by atoms with Crippen LogP contribution in [-0.4, -0.2) is 5.71 Å². The van der Waals surface area contributed by atoms with Gasteiger partial charge >= 0.3 is 0 Å². The summed E-state index contributed by atoms with van der Waals surface area (Å²) in [7, 11) is 0. The lowest BCUT2D eigenvalue weighted by molar-refractivity contribution is 1.39. The molecular formula is C34H25N. The second kappa shape index (κ2) is 8.70. The number of hydrogen-bond acceptors (Lipinski definition) is 1. The largest absolute Gasteiger partial charge is 0.247 e. The highest BCUT2D eigenvalue weighted by molar-refractivity contribution is 6.37. The number of nitrogens with zero attached hydrogens (tertiary/aromatic N) is 1. The number of fused-ring (bicyclic) bond motifs is 3. The number of benzene rings is 5. The van der Waals surface area contributed by atoms with Gasteiger partial charge in [-0.05, 0) is 69.6 Å². The molecule has 0 bridgehead atoms. The molecule has 0 fully saturated rings. The summed E-state index contributed by atoms with van der Waals surface area (Å²) in [5.74, 6) is 0. The SMILES string of the molecule is C=C1C(=Nc2ccccc2C)c2cc(-c3ccccc3)ccc2-c2ccc(-c3ccccc3)cc21.